The van der Waals surface area contributed by atoms with Gasteiger partial charge in [0.05, 0.1) is 0 Å². The third-order valence-electron chi connectivity index (χ3n) is 2.68. The van der Waals surface area contributed by atoms with Crippen LogP contribution in [0.4, 0.5) is 0 Å². The molecular weight excluding hydrogens is 200 g/mol. The molecule has 84 valence electrons. The van der Waals surface area contributed by atoms with Crippen molar-refractivity contribution in [2.75, 3.05) is 0 Å². The highest BCUT2D eigenvalue weighted by molar-refractivity contribution is 5.79. The number of carbonyl (C=O) groups excluding carboxylic acids is 1. The lowest BCUT2D eigenvalue weighted by Crippen LogP contribution is -2.24. The molecule has 0 unspecified atom stereocenters. The fourth-order valence-corrected chi connectivity index (χ4v) is 1.94. The summed E-state index contributed by atoms with van der Waals surface area (Å²) >= 11 is 0. The number of hydrogen-bond acceptors (Lipinski definition) is 2. The molecule has 2 heteroatoms. The number of ether oxygens (including phenoxy) is 1. The van der Waals surface area contributed by atoms with E-state index in [1.165, 1.54) is 0 Å². The molecule has 2 nitrogen and oxygen atoms in total. The van der Waals surface area contributed by atoms with Gasteiger partial charge in [0, 0.05) is 17.6 Å². The molecule has 0 saturated carbocycles. The van der Waals surface area contributed by atoms with Crippen molar-refractivity contribution in [2.45, 2.75) is 32.8 Å². The molecule has 0 aromatic heterocycles. The van der Waals surface area contributed by atoms with Gasteiger partial charge in [0.25, 0.3) is 0 Å². The molecule has 0 saturated heterocycles. The van der Waals surface area contributed by atoms with Crippen molar-refractivity contribution < 1.29 is 9.53 Å². The van der Waals surface area contributed by atoms with Crippen molar-refractivity contribution >= 4 is 6.29 Å². The van der Waals surface area contributed by atoms with E-state index in [1.807, 2.05) is 45.1 Å². The Morgan fingerprint density at radius 1 is 1.38 bits per heavy atom. The van der Waals surface area contributed by atoms with Crippen LogP contribution in [0.2, 0.25) is 0 Å². The van der Waals surface area contributed by atoms with Crippen LogP contribution in [0.15, 0.2) is 46.8 Å². The summed E-state index contributed by atoms with van der Waals surface area (Å²) in [6.45, 7) is 6.07. The Morgan fingerprint density at radius 2 is 2.12 bits per heavy atom. The van der Waals surface area contributed by atoms with Crippen LogP contribution < -0.4 is 0 Å². The first kappa shape index (κ1) is 10.9. The van der Waals surface area contributed by atoms with Crippen LogP contribution >= 0.6 is 0 Å². The van der Waals surface area contributed by atoms with Gasteiger partial charge in [-0.1, -0.05) is 17.7 Å². The van der Waals surface area contributed by atoms with Gasteiger partial charge in [0.2, 0.25) is 0 Å². The molecular formula is C14H16O2. The van der Waals surface area contributed by atoms with Crippen molar-refractivity contribution in [3.05, 3.63) is 46.8 Å². The van der Waals surface area contributed by atoms with Crippen LogP contribution in [0.1, 0.15) is 27.2 Å². The van der Waals surface area contributed by atoms with E-state index in [9.17, 15) is 4.79 Å². The van der Waals surface area contributed by atoms with Crippen LogP contribution in [0.3, 0.4) is 0 Å². The Balaban J connectivity index is 2.42. The van der Waals surface area contributed by atoms with E-state index >= 15 is 0 Å². The predicted octanol–water partition coefficient (Wildman–Crippen LogP) is 3.08. The minimum atomic E-state index is -0.251. The molecule has 1 aliphatic carbocycles. The highest BCUT2D eigenvalue weighted by Gasteiger charge is 2.24. The second kappa shape index (κ2) is 3.78. The maximum atomic E-state index is 10.9. The first-order valence-electron chi connectivity index (χ1n) is 5.46. The van der Waals surface area contributed by atoms with Gasteiger partial charge >= 0.3 is 0 Å². The minimum Gasteiger partial charge on any atom is -0.487 e. The van der Waals surface area contributed by atoms with Crippen molar-refractivity contribution in [1.29, 1.82) is 0 Å². The fraction of sp³-hybridized carbons (Fsp3) is 0.357. The molecule has 0 N–H and O–H groups in total. The lowest BCUT2D eigenvalue weighted by molar-refractivity contribution is -0.104. The lowest BCUT2D eigenvalue weighted by atomic mass is 10.0. The number of carbonyl (C=O) groups is 1. The zero-order valence-corrected chi connectivity index (χ0v) is 9.91. The summed E-state index contributed by atoms with van der Waals surface area (Å²) in [5.74, 6) is 0.957. The third kappa shape index (κ3) is 2.16. The van der Waals surface area contributed by atoms with E-state index in [1.54, 1.807) is 0 Å². The summed E-state index contributed by atoms with van der Waals surface area (Å²) in [6.07, 6.45) is 9.50. The molecule has 16 heavy (non-hydrogen) atoms. The minimum absolute atomic E-state index is 0.251. The summed E-state index contributed by atoms with van der Waals surface area (Å²) < 4.78 is 5.91. The molecule has 0 aromatic carbocycles. The summed E-state index contributed by atoms with van der Waals surface area (Å²) in [6, 6.07) is 0. The van der Waals surface area contributed by atoms with Gasteiger partial charge in [-0.15, -0.1) is 0 Å². The largest absolute Gasteiger partial charge is 0.487 e. The van der Waals surface area contributed by atoms with E-state index in [0.717, 1.165) is 29.6 Å². The van der Waals surface area contributed by atoms with Gasteiger partial charge < -0.3 is 4.74 Å². The van der Waals surface area contributed by atoms with Gasteiger partial charge in [0.15, 0.2) is 0 Å². The van der Waals surface area contributed by atoms with Gasteiger partial charge in [-0.05, 0) is 32.9 Å². The molecule has 0 amide bonds. The van der Waals surface area contributed by atoms with Crippen LogP contribution in [0.5, 0.6) is 0 Å². The van der Waals surface area contributed by atoms with E-state index in [4.69, 9.17) is 4.74 Å². The topological polar surface area (TPSA) is 26.3 Å². The molecule has 0 atom stereocenters. The van der Waals surface area contributed by atoms with Crippen molar-refractivity contribution in [3.63, 3.8) is 0 Å². The zero-order valence-electron chi connectivity index (χ0n) is 9.91. The summed E-state index contributed by atoms with van der Waals surface area (Å²) in [7, 11) is 0. The standard InChI is InChI=1S/C14H16O2/c1-10-6-11(9-15)8-12-4-5-14(2,3)16-13(12)7-10/h4-6,8-9H,7H2,1-3H3. The Kier molecular flexibility index (Phi) is 2.58. The molecule has 0 radical (unpaired) electrons. The van der Waals surface area contributed by atoms with E-state index in [-0.39, 0.29) is 5.60 Å². The number of hydrogen-bond donors (Lipinski definition) is 0. The van der Waals surface area contributed by atoms with Gasteiger partial charge in [-0.3, -0.25) is 4.79 Å². The molecule has 0 fully saturated rings. The summed E-state index contributed by atoms with van der Waals surface area (Å²) in [4.78, 5) is 10.9. The van der Waals surface area contributed by atoms with Crippen molar-refractivity contribution in [3.8, 4) is 0 Å². The molecule has 2 rings (SSSR count). The maximum absolute atomic E-state index is 10.9. The van der Waals surface area contributed by atoms with E-state index in [2.05, 4.69) is 0 Å². The Hall–Kier alpha value is -1.57. The Morgan fingerprint density at radius 3 is 2.81 bits per heavy atom. The van der Waals surface area contributed by atoms with Crippen LogP contribution in [0, 0.1) is 0 Å². The monoisotopic (exact) mass is 216 g/mol. The van der Waals surface area contributed by atoms with Crippen LogP contribution in [-0.2, 0) is 9.53 Å². The van der Waals surface area contributed by atoms with Gasteiger partial charge in [0.1, 0.15) is 17.6 Å². The normalized spacial score (nSPS) is 22.7. The predicted molar refractivity (Wildman–Crippen MR) is 63.9 cm³/mol. The van der Waals surface area contributed by atoms with E-state index in [0.29, 0.717) is 5.57 Å². The zero-order chi connectivity index (χ0) is 11.8. The van der Waals surface area contributed by atoms with Crippen molar-refractivity contribution in [2.24, 2.45) is 0 Å². The smallest absolute Gasteiger partial charge is 0.150 e. The number of rotatable bonds is 1. The average Bonchev–Trinajstić information content (AvgIpc) is 2.34. The number of allylic oxidation sites excluding steroid dienone is 6. The third-order valence-corrected chi connectivity index (χ3v) is 2.68. The molecule has 0 aromatic rings. The number of aldehydes is 1. The summed E-state index contributed by atoms with van der Waals surface area (Å²) in [5.41, 5.74) is 2.61. The SMILES string of the molecule is CC1=CC(C=O)=CC2=C(C1)OC(C)(C)C=C2. The Labute approximate surface area is 96.0 Å². The van der Waals surface area contributed by atoms with E-state index < -0.39 is 0 Å². The maximum Gasteiger partial charge on any atom is 0.150 e. The first-order chi connectivity index (χ1) is 7.50. The van der Waals surface area contributed by atoms with Crippen LogP contribution in [0.25, 0.3) is 0 Å². The van der Waals surface area contributed by atoms with Gasteiger partial charge in [-0.25, -0.2) is 0 Å². The highest BCUT2D eigenvalue weighted by atomic mass is 16.5. The summed E-state index contributed by atoms with van der Waals surface area (Å²) in [5, 5.41) is 0. The quantitative estimate of drug-likeness (QED) is 0.630. The molecule has 0 spiro atoms. The average molecular weight is 216 g/mol. The Bertz CT molecular complexity index is 445. The van der Waals surface area contributed by atoms with Crippen LogP contribution in [-0.4, -0.2) is 11.9 Å². The van der Waals surface area contributed by atoms with Gasteiger partial charge in [-0.2, -0.15) is 0 Å². The fourth-order valence-electron chi connectivity index (χ4n) is 1.94. The second-order valence-electron chi connectivity index (χ2n) is 4.85. The highest BCUT2D eigenvalue weighted by Crippen LogP contribution is 2.32. The van der Waals surface area contributed by atoms with Crippen molar-refractivity contribution in [1.82, 2.24) is 0 Å². The molecule has 1 aliphatic heterocycles. The first-order valence-corrected chi connectivity index (χ1v) is 5.46. The molecule has 0 bridgehead atoms. The lowest BCUT2D eigenvalue weighted by Gasteiger charge is -2.29. The molecule has 2 aliphatic rings. The second-order valence-corrected chi connectivity index (χ2v) is 4.85. The molecule has 1 heterocycles.